The molecule has 0 aliphatic carbocycles. The highest BCUT2D eigenvalue weighted by Gasteiger charge is 2.46. The lowest BCUT2D eigenvalue weighted by Gasteiger charge is -2.25. The summed E-state index contributed by atoms with van der Waals surface area (Å²) in [4.78, 5) is 27.7. The summed E-state index contributed by atoms with van der Waals surface area (Å²) in [6.45, 7) is 2.61. The highest BCUT2D eigenvalue weighted by molar-refractivity contribution is 6.46. The molecule has 8 heteroatoms. The van der Waals surface area contributed by atoms with Gasteiger partial charge in [-0.15, -0.1) is 0 Å². The number of ether oxygens (including phenoxy) is 4. The van der Waals surface area contributed by atoms with Crippen molar-refractivity contribution in [2.75, 3.05) is 34.5 Å². The highest BCUT2D eigenvalue weighted by Crippen LogP contribution is 2.42. The van der Waals surface area contributed by atoms with E-state index in [4.69, 9.17) is 18.9 Å². The van der Waals surface area contributed by atoms with E-state index in [-0.39, 0.29) is 24.5 Å². The number of ketones is 1. The number of methoxy groups -OCH3 is 3. The molecule has 0 aromatic heterocycles. The molecule has 1 unspecified atom stereocenters. The second-order valence-electron chi connectivity index (χ2n) is 8.85. The third-order valence-corrected chi connectivity index (χ3v) is 6.50. The predicted molar refractivity (Wildman–Crippen MR) is 142 cm³/mol. The summed E-state index contributed by atoms with van der Waals surface area (Å²) in [7, 11) is 4.55. The molecule has 0 radical (unpaired) electrons. The molecule has 1 fully saturated rings. The second-order valence-corrected chi connectivity index (χ2v) is 8.85. The first kappa shape index (κ1) is 26.8. The molecule has 1 N–H and O–H groups in total. The lowest BCUT2D eigenvalue weighted by atomic mass is 9.93. The van der Waals surface area contributed by atoms with Crippen LogP contribution in [0.5, 0.6) is 17.2 Å². The summed E-state index contributed by atoms with van der Waals surface area (Å²) >= 11 is 0. The maximum atomic E-state index is 13.3. The van der Waals surface area contributed by atoms with Gasteiger partial charge in [-0.2, -0.15) is 0 Å². The minimum absolute atomic E-state index is 0.000577. The Morgan fingerprint density at radius 1 is 0.921 bits per heavy atom. The fourth-order valence-electron chi connectivity index (χ4n) is 4.55. The molecule has 1 atom stereocenters. The van der Waals surface area contributed by atoms with Gasteiger partial charge in [0.05, 0.1) is 32.4 Å². The molecule has 1 heterocycles. The van der Waals surface area contributed by atoms with E-state index in [1.165, 1.54) is 26.2 Å². The summed E-state index contributed by atoms with van der Waals surface area (Å²) in [5.41, 5.74) is 2.76. The Kier molecular flexibility index (Phi) is 8.33. The number of carbonyl (C=O) groups excluding carboxylic acids is 2. The maximum Gasteiger partial charge on any atom is 0.295 e. The van der Waals surface area contributed by atoms with Gasteiger partial charge in [-0.25, -0.2) is 0 Å². The number of aryl methyl sites for hydroxylation is 1. The minimum atomic E-state index is -0.835. The zero-order valence-electron chi connectivity index (χ0n) is 21.9. The highest BCUT2D eigenvalue weighted by atomic mass is 16.5. The van der Waals surface area contributed by atoms with Crippen LogP contribution in [0.4, 0.5) is 0 Å². The van der Waals surface area contributed by atoms with Crippen LogP contribution in [-0.4, -0.2) is 56.2 Å². The third kappa shape index (κ3) is 5.35. The molecule has 4 rings (SSSR count). The van der Waals surface area contributed by atoms with Gasteiger partial charge in [0.1, 0.15) is 18.1 Å². The zero-order valence-corrected chi connectivity index (χ0v) is 21.9. The van der Waals surface area contributed by atoms with Crippen LogP contribution in [0.25, 0.3) is 5.76 Å². The smallest absolute Gasteiger partial charge is 0.295 e. The predicted octanol–water partition coefficient (Wildman–Crippen LogP) is 4.66. The van der Waals surface area contributed by atoms with Crippen LogP contribution >= 0.6 is 0 Å². The number of carbonyl (C=O) groups is 2. The molecule has 8 nitrogen and oxygen atoms in total. The monoisotopic (exact) mass is 517 g/mol. The third-order valence-electron chi connectivity index (χ3n) is 6.50. The van der Waals surface area contributed by atoms with Crippen LogP contribution in [-0.2, 0) is 20.9 Å². The Morgan fingerprint density at radius 2 is 1.66 bits per heavy atom. The van der Waals surface area contributed by atoms with Gasteiger partial charge in [-0.3, -0.25) is 9.59 Å². The van der Waals surface area contributed by atoms with Crippen LogP contribution in [0.2, 0.25) is 0 Å². The Hall–Kier alpha value is -4.30. The van der Waals surface area contributed by atoms with Crippen LogP contribution < -0.4 is 14.2 Å². The molecular formula is C30H31NO7. The Balaban J connectivity index is 1.74. The largest absolute Gasteiger partial charge is 0.507 e. The number of aliphatic hydroxyl groups excluding tert-OH is 1. The van der Waals surface area contributed by atoms with Gasteiger partial charge in [0.15, 0.2) is 11.5 Å². The molecule has 1 amide bonds. The maximum absolute atomic E-state index is 13.3. The van der Waals surface area contributed by atoms with E-state index in [0.29, 0.717) is 40.5 Å². The summed E-state index contributed by atoms with van der Waals surface area (Å²) in [6, 6.07) is 19.3. The van der Waals surface area contributed by atoms with E-state index in [1.807, 2.05) is 37.3 Å². The number of rotatable bonds is 10. The van der Waals surface area contributed by atoms with Gasteiger partial charge in [-0.1, -0.05) is 36.4 Å². The van der Waals surface area contributed by atoms with Crippen molar-refractivity contribution >= 4 is 17.4 Å². The number of nitrogens with zero attached hydrogens (tertiary/aromatic N) is 1. The molecule has 0 saturated carbocycles. The van der Waals surface area contributed by atoms with Crippen LogP contribution in [0.15, 0.2) is 72.3 Å². The van der Waals surface area contributed by atoms with Gasteiger partial charge in [0, 0.05) is 19.2 Å². The molecule has 198 valence electrons. The average molecular weight is 518 g/mol. The van der Waals surface area contributed by atoms with E-state index in [1.54, 1.807) is 36.4 Å². The first-order chi connectivity index (χ1) is 18.4. The molecule has 3 aromatic carbocycles. The van der Waals surface area contributed by atoms with E-state index in [2.05, 4.69) is 0 Å². The van der Waals surface area contributed by atoms with E-state index in [0.717, 1.165) is 5.56 Å². The van der Waals surface area contributed by atoms with Crippen LogP contribution in [0.3, 0.4) is 0 Å². The van der Waals surface area contributed by atoms with Gasteiger partial charge in [0.2, 0.25) is 0 Å². The standard InChI is InChI=1S/C30H31NO7/c1-19-16-22(38-18-20-8-6-5-7-9-20)11-12-23(19)28(32)26-27(31(14-15-35-2)30(34)29(26)33)21-10-13-24(36-3)25(17-21)37-4/h5-13,16-17,27,32H,14-15,18H2,1-4H3. The van der Waals surface area contributed by atoms with Crippen molar-refractivity contribution in [3.8, 4) is 17.2 Å². The lowest BCUT2D eigenvalue weighted by Crippen LogP contribution is -2.32. The van der Waals surface area contributed by atoms with Gasteiger partial charge in [-0.05, 0) is 53.9 Å². The molecule has 0 bridgehead atoms. The molecule has 0 spiro atoms. The second kappa shape index (κ2) is 11.8. The normalized spacial score (nSPS) is 16.5. The van der Waals surface area contributed by atoms with Gasteiger partial charge < -0.3 is 29.0 Å². The SMILES string of the molecule is COCCN1C(=O)C(=O)C(=C(O)c2ccc(OCc3ccccc3)cc2C)C1c1ccc(OC)c(OC)c1. The summed E-state index contributed by atoms with van der Waals surface area (Å²) < 4.78 is 21.9. The Bertz CT molecular complexity index is 1350. The van der Waals surface area contributed by atoms with Crippen LogP contribution in [0, 0.1) is 6.92 Å². The Morgan fingerprint density at radius 3 is 2.32 bits per heavy atom. The number of aliphatic hydroxyl groups is 1. The summed E-state index contributed by atoms with van der Waals surface area (Å²) in [5.74, 6) is -0.147. The summed E-state index contributed by atoms with van der Waals surface area (Å²) in [6.07, 6.45) is 0. The number of Topliss-reactive ketones (excluding diaryl/α,β-unsaturated/α-hetero) is 1. The molecule has 1 aliphatic heterocycles. The van der Waals surface area contributed by atoms with Crippen molar-refractivity contribution in [3.63, 3.8) is 0 Å². The number of hydrogen-bond donors (Lipinski definition) is 1. The summed E-state index contributed by atoms with van der Waals surface area (Å²) in [5, 5.41) is 11.4. The number of likely N-dealkylation sites (tertiary alicyclic amines) is 1. The van der Waals surface area contributed by atoms with Crippen molar-refractivity contribution in [3.05, 3.63) is 94.6 Å². The Labute approximate surface area is 222 Å². The van der Waals surface area contributed by atoms with Crippen molar-refractivity contribution in [2.45, 2.75) is 19.6 Å². The number of amides is 1. The number of benzene rings is 3. The van der Waals surface area contributed by atoms with Gasteiger partial charge >= 0.3 is 0 Å². The zero-order chi connectivity index (χ0) is 27.2. The topological polar surface area (TPSA) is 94.5 Å². The number of hydrogen-bond acceptors (Lipinski definition) is 7. The molecule has 38 heavy (non-hydrogen) atoms. The lowest BCUT2D eigenvalue weighted by molar-refractivity contribution is -0.140. The van der Waals surface area contributed by atoms with Crippen LogP contribution in [0.1, 0.15) is 28.3 Å². The van der Waals surface area contributed by atoms with Crippen molar-refractivity contribution in [1.82, 2.24) is 4.90 Å². The fourth-order valence-corrected chi connectivity index (χ4v) is 4.55. The molecule has 1 saturated heterocycles. The van der Waals surface area contributed by atoms with E-state index in [9.17, 15) is 14.7 Å². The fraction of sp³-hybridized carbons (Fsp3) is 0.267. The first-order valence-corrected chi connectivity index (χ1v) is 12.2. The van der Waals surface area contributed by atoms with E-state index < -0.39 is 17.7 Å². The van der Waals surface area contributed by atoms with E-state index >= 15 is 0 Å². The quantitative estimate of drug-likeness (QED) is 0.237. The molecular weight excluding hydrogens is 486 g/mol. The first-order valence-electron chi connectivity index (χ1n) is 12.2. The van der Waals surface area contributed by atoms with Crippen molar-refractivity contribution < 1.29 is 33.6 Å². The molecule has 3 aromatic rings. The van der Waals surface area contributed by atoms with Gasteiger partial charge in [0.25, 0.3) is 11.7 Å². The van der Waals surface area contributed by atoms with Crippen molar-refractivity contribution in [2.24, 2.45) is 0 Å². The van der Waals surface area contributed by atoms with Crippen molar-refractivity contribution in [1.29, 1.82) is 0 Å². The minimum Gasteiger partial charge on any atom is -0.507 e. The molecule has 1 aliphatic rings. The average Bonchev–Trinajstić information content (AvgIpc) is 3.19.